The zero-order valence-electron chi connectivity index (χ0n) is 7.50. The first-order valence-electron chi connectivity index (χ1n) is 4.39. The monoisotopic (exact) mass is 216 g/mol. The number of epoxide rings is 1. The lowest BCUT2D eigenvalue weighted by atomic mass is 10.2. The van der Waals surface area contributed by atoms with E-state index in [2.05, 4.69) is 0 Å². The van der Waals surface area contributed by atoms with Gasteiger partial charge in [-0.05, 0) is 17.7 Å². The number of benzene rings is 1. The van der Waals surface area contributed by atoms with E-state index in [1.54, 1.807) is 12.1 Å². The van der Waals surface area contributed by atoms with E-state index in [-0.39, 0.29) is 11.1 Å². The normalized spacial score (nSPS) is 19.7. The van der Waals surface area contributed by atoms with Crippen LogP contribution in [-0.4, -0.2) is 19.3 Å². The molecule has 0 amide bonds. The van der Waals surface area contributed by atoms with Gasteiger partial charge in [-0.1, -0.05) is 17.7 Å². The van der Waals surface area contributed by atoms with Crippen molar-refractivity contribution >= 4 is 11.6 Å². The summed E-state index contributed by atoms with van der Waals surface area (Å²) < 4.78 is 23.1. The Bertz CT molecular complexity index is 326. The zero-order valence-corrected chi connectivity index (χ0v) is 8.26. The Balaban J connectivity index is 1.85. The van der Waals surface area contributed by atoms with Crippen LogP contribution in [0.2, 0.25) is 5.02 Å². The van der Waals surface area contributed by atoms with Crippen molar-refractivity contribution < 1.29 is 13.9 Å². The first kappa shape index (κ1) is 9.90. The minimum Gasteiger partial charge on any atom is -0.374 e. The minimum absolute atomic E-state index is 0.133. The van der Waals surface area contributed by atoms with E-state index >= 15 is 0 Å². The van der Waals surface area contributed by atoms with Gasteiger partial charge in [0.1, 0.15) is 11.9 Å². The molecule has 1 aromatic rings. The van der Waals surface area contributed by atoms with E-state index in [1.807, 2.05) is 0 Å². The second-order valence-electron chi connectivity index (χ2n) is 3.22. The highest BCUT2D eigenvalue weighted by Crippen LogP contribution is 2.17. The fraction of sp³-hybridized carbons (Fsp3) is 0.400. The van der Waals surface area contributed by atoms with Gasteiger partial charge >= 0.3 is 0 Å². The molecule has 0 radical (unpaired) electrons. The van der Waals surface area contributed by atoms with Gasteiger partial charge in [-0.25, -0.2) is 4.39 Å². The SMILES string of the molecule is Fc1ccc(COC[C@@H]2CO2)cc1Cl. The quantitative estimate of drug-likeness (QED) is 0.721. The maximum absolute atomic E-state index is 12.8. The van der Waals surface area contributed by atoms with Gasteiger partial charge in [-0.2, -0.15) is 0 Å². The molecule has 2 rings (SSSR count). The fourth-order valence-electron chi connectivity index (χ4n) is 1.10. The molecule has 2 nitrogen and oxygen atoms in total. The summed E-state index contributed by atoms with van der Waals surface area (Å²) in [6, 6.07) is 4.58. The molecule has 14 heavy (non-hydrogen) atoms. The van der Waals surface area contributed by atoms with E-state index < -0.39 is 5.82 Å². The maximum Gasteiger partial charge on any atom is 0.141 e. The Labute approximate surface area is 86.6 Å². The molecule has 1 fully saturated rings. The largest absolute Gasteiger partial charge is 0.374 e. The Morgan fingerprint density at radius 2 is 2.36 bits per heavy atom. The zero-order chi connectivity index (χ0) is 9.97. The summed E-state index contributed by atoms with van der Waals surface area (Å²) in [5, 5.41) is 0.133. The second kappa shape index (κ2) is 4.26. The number of hydrogen-bond donors (Lipinski definition) is 0. The molecule has 0 spiro atoms. The fourth-order valence-corrected chi connectivity index (χ4v) is 1.31. The average molecular weight is 217 g/mol. The van der Waals surface area contributed by atoms with Crippen LogP contribution in [-0.2, 0) is 16.1 Å². The van der Waals surface area contributed by atoms with Crippen LogP contribution in [0.15, 0.2) is 18.2 Å². The van der Waals surface area contributed by atoms with Crippen molar-refractivity contribution in [1.29, 1.82) is 0 Å². The molecule has 0 saturated carbocycles. The maximum atomic E-state index is 12.8. The molecule has 1 heterocycles. The van der Waals surface area contributed by atoms with E-state index in [0.29, 0.717) is 13.2 Å². The molecular formula is C10H10ClFO2. The van der Waals surface area contributed by atoms with Gasteiger partial charge in [0.2, 0.25) is 0 Å². The molecule has 76 valence electrons. The van der Waals surface area contributed by atoms with E-state index in [4.69, 9.17) is 21.1 Å². The first-order valence-corrected chi connectivity index (χ1v) is 4.77. The first-order chi connectivity index (χ1) is 6.75. The molecule has 1 saturated heterocycles. The van der Waals surface area contributed by atoms with Crippen molar-refractivity contribution in [1.82, 2.24) is 0 Å². The average Bonchev–Trinajstić information content (AvgIpc) is 2.95. The molecule has 1 aromatic carbocycles. The van der Waals surface area contributed by atoms with Crippen molar-refractivity contribution in [2.75, 3.05) is 13.2 Å². The van der Waals surface area contributed by atoms with Gasteiger partial charge in [0.15, 0.2) is 0 Å². The summed E-state index contributed by atoms with van der Waals surface area (Å²) in [7, 11) is 0. The highest BCUT2D eigenvalue weighted by molar-refractivity contribution is 6.30. The third kappa shape index (κ3) is 2.67. The van der Waals surface area contributed by atoms with Crippen molar-refractivity contribution in [3.8, 4) is 0 Å². The molecule has 0 aromatic heterocycles. The van der Waals surface area contributed by atoms with Crippen LogP contribution >= 0.6 is 11.6 Å². The van der Waals surface area contributed by atoms with Crippen LogP contribution < -0.4 is 0 Å². The number of ether oxygens (including phenoxy) is 2. The Morgan fingerprint density at radius 1 is 1.57 bits per heavy atom. The smallest absolute Gasteiger partial charge is 0.141 e. The summed E-state index contributed by atoms with van der Waals surface area (Å²) in [5.74, 6) is -0.402. The molecule has 1 atom stereocenters. The lowest BCUT2D eigenvalue weighted by Gasteiger charge is -2.03. The van der Waals surface area contributed by atoms with E-state index in [1.165, 1.54) is 6.07 Å². The second-order valence-corrected chi connectivity index (χ2v) is 3.63. The predicted molar refractivity (Wildman–Crippen MR) is 50.8 cm³/mol. The van der Waals surface area contributed by atoms with Gasteiger partial charge < -0.3 is 9.47 Å². The van der Waals surface area contributed by atoms with Crippen LogP contribution in [0.5, 0.6) is 0 Å². The minimum atomic E-state index is -0.402. The molecular weight excluding hydrogens is 207 g/mol. The number of halogens is 2. The predicted octanol–water partition coefficient (Wildman–Crippen LogP) is 2.39. The summed E-state index contributed by atoms with van der Waals surface area (Å²) in [6.45, 7) is 1.82. The van der Waals surface area contributed by atoms with Crippen molar-refractivity contribution in [2.45, 2.75) is 12.7 Å². The highest BCUT2D eigenvalue weighted by atomic mass is 35.5. The summed E-state index contributed by atoms with van der Waals surface area (Å²) >= 11 is 5.61. The van der Waals surface area contributed by atoms with Crippen molar-refractivity contribution in [2.24, 2.45) is 0 Å². The number of hydrogen-bond acceptors (Lipinski definition) is 2. The van der Waals surface area contributed by atoms with E-state index in [0.717, 1.165) is 12.2 Å². The van der Waals surface area contributed by atoms with Crippen LogP contribution in [0.25, 0.3) is 0 Å². The molecule has 4 heteroatoms. The van der Waals surface area contributed by atoms with E-state index in [9.17, 15) is 4.39 Å². The molecule has 0 unspecified atom stereocenters. The standard InChI is InChI=1S/C10H10ClFO2/c11-9-3-7(1-2-10(9)12)4-13-5-8-6-14-8/h1-3,8H,4-6H2/t8-/m1/s1. The molecule has 0 bridgehead atoms. The lowest BCUT2D eigenvalue weighted by molar-refractivity contribution is 0.104. The van der Waals surface area contributed by atoms with Crippen molar-refractivity contribution in [3.63, 3.8) is 0 Å². The molecule has 1 aliphatic heterocycles. The molecule has 1 aliphatic rings. The summed E-state index contributed by atoms with van der Waals surface area (Å²) in [5.41, 5.74) is 0.872. The van der Waals surface area contributed by atoms with Crippen LogP contribution in [0.1, 0.15) is 5.56 Å². The third-order valence-corrected chi connectivity index (χ3v) is 2.25. The Hall–Kier alpha value is -0.640. The van der Waals surface area contributed by atoms with Crippen LogP contribution in [0.4, 0.5) is 4.39 Å². The topological polar surface area (TPSA) is 21.8 Å². The Kier molecular flexibility index (Phi) is 3.01. The lowest BCUT2D eigenvalue weighted by Crippen LogP contribution is -2.01. The highest BCUT2D eigenvalue weighted by Gasteiger charge is 2.22. The van der Waals surface area contributed by atoms with Gasteiger partial charge in [-0.3, -0.25) is 0 Å². The van der Waals surface area contributed by atoms with Gasteiger partial charge in [-0.15, -0.1) is 0 Å². The van der Waals surface area contributed by atoms with Crippen LogP contribution in [0.3, 0.4) is 0 Å². The van der Waals surface area contributed by atoms with Crippen LogP contribution in [0, 0.1) is 5.82 Å². The van der Waals surface area contributed by atoms with Gasteiger partial charge in [0, 0.05) is 0 Å². The third-order valence-electron chi connectivity index (χ3n) is 1.96. The molecule has 0 N–H and O–H groups in total. The Morgan fingerprint density at radius 3 is 3.00 bits per heavy atom. The summed E-state index contributed by atoms with van der Waals surface area (Å²) in [4.78, 5) is 0. The summed E-state index contributed by atoms with van der Waals surface area (Å²) in [6.07, 6.45) is 0.255. The van der Waals surface area contributed by atoms with Crippen molar-refractivity contribution in [3.05, 3.63) is 34.6 Å². The molecule has 0 aliphatic carbocycles. The van der Waals surface area contributed by atoms with Gasteiger partial charge in [0.05, 0.1) is 24.8 Å². The van der Waals surface area contributed by atoms with Gasteiger partial charge in [0.25, 0.3) is 0 Å². The number of rotatable bonds is 4.